The lowest BCUT2D eigenvalue weighted by Gasteiger charge is -2.52. The second-order valence-electron chi connectivity index (χ2n) is 18.5. The van der Waals surface area contributed by atoms with E-state index < -0.39 is 53.6 Å². The third-order valence-electron chi connectivity index (χ3n) is 12.0. The van der Waals surface area contributed by atoms with Crippen LogP contribution in [0.5, 0.6) is 0 Å². The molecule has 316 valence electrons. The number of ether oxygens (including phenoxy) is 6. The molecule has 3 aromatic carbocycles. The van der Waals surface area contributed by atoms with Gasteiger partial charge in [0.15, 0.2) is 29.2 Å². The van der Waals surface area contributed by atoms with Crippen LogP contribution >= 0.6 is 22.6 Å². The molecule has 3 aromatic rings. The van der Waals surface area contributed by atoms with Gasteiger partial charge in [-0.15, -0.1) is 0 Å². The van der Waals surface area contributed by atoms with Crippen LogP contribution in [0.15, 0.2) is 91.0 Å². The van der Waals surface area contributed by atoms with Crippen molar-refractivity contribution in [3.05, 3.63) is 108 Å². The fourth-order valence-electron chi connectivity index (χ4n) is 6.52. The molecule has 2 aliphatic heterocycles. The molecule has 0 aliphatic carbocycles. The summed E-state index contributed by atoms with van der Waals surface area (Å²) in [5, 5.41) is 11.6. The maximum atomic E-state index is 11.7. The highest BCUT2D eigenvalue weighted by Crippen LogP contribution is 2.45. The number of hydrogen-bond donors (Lipinski definition) is 1. The second-order valence-corrected chi connectivity index (χ2v) is 29.5. The third kappa shape index (κ3) is 12.3. The molecule has 2 heterocycles. The lowest BCUT2D eigenvalue weighted by molar-refractivity contribution is -0.344. The van der Waals surface area contributed by atoms with Crippen molar-refractivity contribution in [2.24, 2.45) is 0 Å². The van der Waals surface area contributed by atoms with Crippen LogP contribution < -0.4 is 0 Å². The largest absolute Gasteiger partial charge is 0.410 e. The highest BCUT2D eigenvalue weighted by Gasteiger charge is 2.55. The summed E-state index contributed by atoms with van der Waals surface area (Å²) in [4.78, 5) is 0. The van der Waals surface area contributed by atoms with E-state index in [-0.39, 0.29) is 52.1 Å². The molecule has 0 spiro atoms. The van der Waals surface area contributed by atoms with E-state index in [1.165, 1.54) is 0 Å². The quantitative estimate of drug-likeness (QED) is 0.0857. The molecule has 0 amide bonds. The van der Waals surface area contributed by atoms with Crippen molar-refractivity contribution >= 4 is 39.2 Å². The molecule has 2 fully saturated rings. The van der Waals surface area contributed by atoms with Crippen LogP contribution in [-0.2, 0) is 57.1 Å². The van der Waals surface area contributed by atoms with Crippen LogP contribution in [0.4, 0.5) is 0 Å². The SMILES string of the molecule is C[C@H]1O[C@H](O[C@H]2[C@H](OCc3ccccc3)[C@@H](OCc3ccccc3)[C@@H](O)O[C@@H]2COCc2ccccc2)[C@@H](I)[C@@H](O[Si](C)(C)C(C)(C)C)[C@@H]1O[Si](C)(C)C(C)(C)C. The maximum absolute atomic E-state index is 11.7. The van der Waals surface area contributed by atoms with Crippen molar-refractivity contribution in [3.8, 4) is 0 Å². The van der Waals surface area contributed by atoms with E-state index >= 15 is 0 Å². The first-order chi connectivity index (χ1) is 26.8. The Hall–Kier alpha value is -1.54. The lowest BCUT2D eigenvalue weighted by Crippen LogP contribution is -2.66. The normalized spacial score (nSPS) is 29.0. The zero-order chi connectivity index (χ0) is 41.6. The van der Waals surface area contributed by atoms with Gasteiger partial charge in [-0.1, -0.05) is 155 Å². The van der Waals surface area contributed by atoms with Crippen molar-refractivity contribution in [2.75, 3.05) is 6.61 Å². The number of aliphatic hydroxyl groups is 1. The Labute approximate surface area is 357 Å². The van der Waals surface area contributed by atoms with Crippen LogP contribution in [0.1, 0.15) is 65.2 Å². The molecule has 0 radical (unpaired) electrons. The summed E-state index contributed by atoms with van der Waals surface area (Å²) in [5.74, 6) is 0. The Morgan fingerprint density at radius 2 is 1.04 bits per heavy atom. The van der Waals surface area contributed by atoms with Crippen LogP contribution in [0, 0.1) is 0 Å². The Bertz CT molecular complexity index is 1640. The van der Waals surface area contributed by atoms with Gasteiger partial charge in [-0.25, -0.2) is 0 Å². The number of benzene rings is 3. The molecule has 10 atom stereocenters. The van der Waals surface area contributed by atoms with Crippen molar-refractivity contribution in [1.82, 2.24) is 0 Å². The molecular formula is C45H67IO9Si2. The summed E-state index contributed by atoms with van der Waals surface area (Å²) >= 11 is 2.45. The first-order valence-corrected chi connectivity index (χ1v) is 27.4. The summed E-state index contributed by atoms with van der Waals surface area (Å²) < 4.78 is 54.3. The smallest absolute Gasteiger partial charge is 0.192 e. The lowest BCUT2D eigenvalue weighted by atomic mass is 9.97. The van der Waals surface area contributed by atoms with Crippen molar-refractivity contribution in [2.45, 2.75) is 164 Å². The van der Waals surface area contributed by atoms with Gasteiger partial charge in [-0.2, -0.15) is 0 Å². The van der Waals surface area contributed by atoms with Gasteiger partial charge < -0.3 is 42.4 Å². The molecule has 9 nitrogen and oxygen atoms in total. The summed E-state index contributed by atoms with van der Waals surface area (Å²) in [6, 6.07) is 29.9. The number of aliphatic hydroxyl groups excluding tert-OH is 1. The fourth-order valence-corrected chi connectivity index (χ4v) is 10.4. The van der Waals surface area contributed by atoms with E-state index in [2.05, 4.69) is 97.2 Å². The monoisotopic (exact) mass is 934 g/mol. The van der Waals surface area contributed by atoms with Gasteiger partial charge in [0.05, 0.1) is 48.7 Å². The van der Waals surface area contributed by atoms with E-state index in [1.54, 1.807) is 0 Å². The average molecular weight is 935 g/mol. The highest BCUT2D eigenvalue weighted by molar-refractivity contribution is 14.1. The van der Waals surface area contributed by atoms with Gasteiger partial charge in [0.25, 0.3) is 0 Å². The average Bonchev–Trinajstić information content (AvgIpc) is 3.15. The summed E-state index contributed by atoms with van der Waals surface area (Å²) in [7, 11) is -4.54. The van der Waals surface area contributed by atoms with Crippen LogP contribution in [0.25, 0.3) is 0 Å². The van der Waals surface area contributed by atoms with Crippen molar-refractivity contribution < 1.29 is 42.4 Å². The molecule has 0 aromatic heterocycles. The van der Waals surface area contributed by atoms with E-state index in [9.17, 15) is 5.11 Å². The van der Waals surface area contributed by atoms with Gasteiger partial charge in [0, 0.05) is 0 Å². The minimum atomic E-state index is -2.30. The molecule has 5 rings (SSSR count). The first kappa shape index (κ1) is 46.5. The second kappa shape index (κ2) is 19.9. The molecule has 0 bridgehead atoms. The van der Waals surface area contributed by atoms with Gasteiger partial charge >= 0.3 is 0 Å². The van der Waals surface area contributed by atoms with Crippen LogP contribution in [0.2, 0.25) is 36.3 Å². The predicted octanol–water partition coefficient (Wildman–Crippen LogP) is 9.81. The van der Waals surface area contributed by atoms with Crippen LogP contribution in [0.3, 0.4) is 0 Å². The number of hydrogen-bond acceptors (Lipinski definition) is 9. The van der Waals surface area contributed by atoms with Gasteiger partial charge in [0.2, 0.25) is 0 Å². The van der Waals surface area contributed by atoms with Crippen molar-refractivity contribution in [3.63, 3.8) is 0 Å². The molecular weight excluding hydrogens is 868 g/mol. The molecule has 2 aliphatic rings. The number of rotatable bonds is 16. The highest BCUT2D eigenvalue weighted by atomic mass is 127. The molecule has 1 N–H and O–H groups in total. The van der Waals surface area contributed by atoms with E-state index in [0.717, 1.165) is 16.7 Å². The number of alkyl halides is 1. The standard InChI is InChI=1S/C45H67IO9Si2/c1-31-37(54-56(8,9)44(2,3)4)39(55-57(10,11)45(5,6)7)36(46)43(51-31)53-38-35(30-48-27-32-21-15-12-16-22-32)52-42(47)41(50-29-34-25-19-14-20-26-34)40(38)49-28-33-23-17-13-18-24-33/h12-26,31,35-43,47H,27-30H2,1-11H3/t31-,35-,36+,37-,38-,39-,40+,41-,42+,43-/m1/s1. The summed E-state index contributed by atoms with van der Waals surface area (Å²) in [6.45, 7) is 25.8. The Morgan fingerprint density at radius 3 is 1.51 bits per heavy atom. The van der Waals surface area contributed by atoms with E-state index in [0.29, 0.717) is 6.61 Å². The Balaban J connectivity index is 1.50. The van der Waals surface area contributed by atoms with E-state index in [4.69, 9.17) is 37.3 Å². The third-order valence-corrected chi connectivity index (χ3v) is 22.3. The molecule has 0 unspecified atom stereocenters. The molecule has 12 heteroatoms. The summed E-state index contributed by atoms with van der Waals surface area (Å²) in [5.41, 5.74) is 2.98. The van der Waals surface area contributed by atoms with Gasteiger partial charge in [0.1, 0.15) is 24.4 Å². The number of halogens is 1. The molecule has 0 saturated carbocycles. The fraction of sp³-hybridized carbons (Fsp3) is 0.600. The molecule has 57 heavy (non-hydrogen) atoms. The Morgan fingerprint density at radius 1 is 0.596 bits per heavy atom. The Kier molecular flexibility index (Phi) is 16.2. The van der Waals surface area contributed by atoms with E-state index in [1.807, 2.05) is 91.0 Å². The van der Waals surface area contributed by atoms with Crippen LogP contribution in [-0.4, -0.2) is 87.6 Å². The zero-order valence-electron chi connectivity index (χ0n) is 35.9. The first-order valence-electron chi connectivity index (χ1n) is 20.3. The topological polar surface area (TPSA) is 94.1 Å². The van der Waals surface area contributed by atoms with Gasteiger partial charge in [-0.3, -0.25) is 0 Å². The minimum Gasteiger partial charge on any atom is -0.410 e. The minimum absolute atomic E-state index is 0.00627. The maximum Gasteiger partial charge on any atom is 0.192 e. The zero-order valence-corrected chi connectivity index (χ0v) is 40.0. The molecule has 2 saturated heterocycles. The van der Waals surface area contributed by atoms with Crippen molar-refractivity contribution in [1.29, 1.82) is 0 Å². The predicted molar refractivity (Wildman–Crippen MR) is 238 cm³/mol. The van der Waals surface area contributed by atoms with Gasteiger partial charge in [-0.05, 0) is 59.9 Å². The summed E-state index contributed by atoms with van der Waals surface area (Å²) in [6.07, 6.45) is -6.11.